The topological polar surface area (TPSA) is 115 Å². The Morgan fingerprint density at radius 3 is 2.06 bits per heavy atom. The van der Waals surface area contributed by atoms with E-state index in [4.69, 9.17) is 25.4 Å². The SMILES string of the molecule is COC(=O)C(C)(C)Oc1ccc(CCCC(=N)N(Cc2ccc(OC)cc2)C(N)=O)cc1. The fraction of sp³-hybridized carbons (Fsp3) is 0.375. The molecule has 0 atom stereocenters. The first-order chi connectivity index (χ1) is 15.2. The van der Waals surface area contributed by atoms with Crippen LogP contribution in [0.4, 0.5) is 4.79 Å². The molecule has 0 bridgehead atoms. The van der Waals surface area contributed by atoms with Crippen LogP contribution in [0.1, 0.15) is 37.8 Å². The second kappa shape index (κ2) is 11.2. The van der Waals surface area contributed by atoms with Crippen molar-refractivity contribution < 1.29 is 23.8 Å². The Hall–Kier alpha value is -3.55. The van der Waals surface area contributed by atoms with Gasteiger partial charge in [-0.25, -0.2) is 9.59 Å². The maximum atomic E-state index is 11.9. The van der Waals surface area contributed by atoms with Crippen LogP contribution in [0.2, 0.25) is 0 Å². The van der Waals surface area contributed by atoms with Crippen LogP contribution in [0.5, 0.6) is 11.5 Å². The normalized spacial score (nSPS) is 10.9. The summed E-state index contributed by atoms with van der Waals surface area (Å²) in [6.07, 6.45) is 1.81. The van der Waals surface area contributed by atoms with Gasteiger partial charge in [0.25, 0.3) is 0 Å². The molecule has 0 aromatic heterocycles. The van der Waals surface area contributed by atoms with Crippen LogP contribution in [-0.4, -0.2) is 42.6 Å². The number of methoxy groups -OCH3 is 2. The third-order valence-electron chi connectivity index (χ3n) is 4.94. The first kappa shape index (κ1) is 24.7. The zero-order valence-corrected chi connectivity index (χ0v) is 19.0. The Morgan fingerprint density at radius 1 is 0.969 bits per heavy atom. The van der Waals surface area contributed by atoms with Crippen LogP contribution in [0.15, 0.2) is 48.5 Å². The van der Waals surface area contributed by atoms with Crippen molar-refractivity contribution in [2.24, 2.45) is 5.73 Å². The summed E-state index contributed by atoms with van der Waals surface area (Å²) < 4.78 is 15.6. The van der Waals surface area contributed by atoms with E-state index in [0.717, 1.165) is 23.3 Å². The van der Waals surface area contributed by atoms with Crippen LogP contribution < -0.4 is 15.2 Å². The van der Waals surface area contributed by atoms with Crippen LogP contribution in [0.25, 0.3) is 0 Å². The Bertz CT molecular complexity index is 924. The fourth-order valence-electron chi connectivity index (χ4n) is 3.12. The molecular weight excluding hydrogens is 410 g/mol. The molecule has 0 saturated heterocycles. The molecule has 0 radical (unpaired) electrons. The summed E-state index contributed by atoms with van der Waals surface area (Å²) in [4.78, 5) is 24.9. The van der Waals surface area contributed by atoms with E-state index in [-0.39, 0.29) is 12.4 Å². The van der Waals surface area contributed by atoms with Crippen molar-refractivity contribution in [1.29, 1.82) is 5.41 Å². The van der Waals surface area contributed by atoms with E-state index in [1.165, 1.54) is 12.0 Å². The third kappa shape index (κ3) is 7.01. The van der Waals surface area contributed by atoms with Crippen molar-refractivity contribution in [3.63, 3.8) is 0 Å². The summed E-state index contributed by atoms with van der Waals surface area (Å²) in [5.74, 6) is 1.01. The fourth-order valence-corrected chi connectivity index (χ4v) is 3.12. The highest BCUT2D eigenvalue weighted by molar-refractivity contribution is 5.95. The number of nitrogens with two attached hydrogens (primary N) is 1. The highest BCUT2D eigenvalue weighted by Gasteiger charge is 2.30. The Labute approximate surface area is 188 Å². The van der Waals surface area contributed by atoms with Gasteiger partial charge < -0.3 is 19.9 Å². The van der Waals surface area contributed by atoms with Gasteiger partial charge in [-0.15, -0.1) is 0 Å². The summed E-state index contributed by atoms with van der Waals surface area (Å²) in [6.45, 7) is 3.53. The van der Waals surface area contributed by atoms with Crippen LogP contribution in [0, 0.1) is 5.41 Å². The van der Waals surface area contributed by atoms with Gasteiger partial charge in [-0.05, 0) is 62.1 Å². The van der Waals surface area contributed by atoms with Crippen molar-refractivity contribution in [2.45, 2.75) is 45.3 Å². The second-order valence-corrected chi connectivity index (χ2v) is 7.82. The molecule has 2 amide bonds. The average molecular weight is 442 g/mol. The maximum Gasteiger partial charge on any atom is 0.349 e. The first-order valence-electron chi connectivity index (χ1n) is 10.3. The second-order valence-electron chi connectivity index (χ2n) is 7.82. The molecule has 3 N–H and O–H groups in total. The lowest BCUT2D eigenvalue weighted by atomic mass is 10.1. The summed E-state index contributed by atoms with van der Waals surface area (Å²) in [7, 11) is 2.91. The molecule has 2 aromatic rings. The molecule has 2 aromatic carbocycles. The highest BCUT2D eigenvalue weighted by atomic mass is 16.6. The van der Waals surface area contributed by atoms with Gasteiger partial charge in [0.05, 0.1) is 20.8 Å². The summed E-state index contributed by atoms with van der Waals surface area (Å²) in [5, 5.41) is 8.30. The van der Waals surface area contributed by atoms with Crippen molar-refractivity contribution >= 4 is 17.8 Å². The van der Waals surface area contributed by atoms with Gasteiger partial charge >= 0.3 is 12.0 Å². The number of hydrogen-bond donors (Lipinski definition) is 2. The van der Waals surface area contributed by atoms with Crippen LogP contribution in [0.3, 0.4) is 0 Å². The van der Waals surface area contributed by atoms with Gasteiger partial charge in [0.15, 0.2) is 5.60 Å². The zero-order chi connectivity index (χ0) is 23.7. The molecule has 32 heavy (non-hydrogen) atoms. The van der Waals surface area contributed by atoms with Crippen molar-refractivity contribution in [2.75, 3.05) is 14.2 Å². The Balaban J connectivity index is 1.88. The monoisotopic (exact) mass is 441 g/mol. The summed E-state index contributed by atoms with van der Waals surface area (Å²) in [5.41, 5.74) is 6.34. The number of amides is 2. The van der Waals surface area contributed by atoms with E-state index in [0.29, 0.717) is 18.6 Å². The standard InChI is InChI=1S/C24H31N3O5/c1-24(2,22(28)31-4)32-20-14-8-17(9-15-20)6-5-7-21(25)27(23(26)29)16-18-10-12-19(30-3)13-11-18/h8-15,25H,5-7,16H2,1-4H3,(H2,26,29). The number of carbonyl (C=O) groups is 2. The van der Waals surface area contributed by atoms with Gasteiger partial charge in [0, 0.05) is 6.42 Å². The lowest BCUT2D eigenvalue weighted by Crippen LogP contribution is -2.39. The minimum atomic E-state index is -1.08. The number of nitrogens with one attached hydrogen (secondary N) is 1. The molecule has 0 saturated carbocycles. The number of carbonyl (C=O) groups excluding carboxylic acids is 2. The van der Waals surface area contributed by atoms with Crippen LogP contribution in [-0.2, 0) is 22.5 Å². The van der Waals surface area contributed by atoms with Gasteiger partial charge in [0.2, 0.25) is 0 Å². The number of esters is 1. The summed E-state index contributed by atoms with van der Waals surface area (Å²) >= 11 is 0. The maximum absolute atomic E-state index is 11.9. The molecule has 172 valence electrons. The highest BCUT2D eigenvalue weighted by Crippen LogP contribution is 2.21. The smallest absolute Gasteiger partial charge is 0.349 e. The van der Waals surface area contributed by atoms with Gasteiger partial charge in [0.1, 0.15) is 17.3 Å². The Morgan fingerprint density at radius 2 is 1.53 bits per heavy atom. The lowest BCUT2D eigenvalue weighted by molar-refractivity contribution is -0.156. The van der Waals surface area contributed by atoms with E-state index in [1.807, 2.05) is 24.3 Å². The zero-order valence-electron chi connectivity index (χ0n) is 19.0. The first-order valence-corrected chi connectivity index (χ1v) is 10.3. The molecule has 0 aliphatic rings. The lowest BCUT2D eigenvalue weighted by Gasteiger charge is -2.23. The number of hydrogen-bond acceptors (Lipinski definition) is 6. The van der Waals surface area contributed by atoms with E-state index < -0.39 is 17.6 Å². The molecule has 0 aliphatic heterocycles. The number of nitrogens with zero attached hydrogens (tertiary/aromatic N) is 1. The van der Waals surface area contributed by atoms with Crippen LogP contribution >= 0.6 is 0 Å². The predicted octanol–water partition coefficient (Wildman–Crippen LogP) is 3.91. The molecule has 0 heterocycles. The molecular formula is C24H31N3O5. The largest absolute Gasteiger partial charge is 0.497 e. The molecule has 0 unspecified atom stereocenters. The van der Waals surface area contributed by atoms with Crippen molar-refractivity contribution in [3.8, 4) is 11.5 Å². The van der Waals surface area contributed by atoms with E-state index in [2.05, 4.69) is 0 Å². The van der Waals surface area contributed by atoms with Crippen molar-refractivity contribution in [3.05, 3.63) is 59.7 Å². The average Bonchev–Trinajstić information content (AvgIpc) is 2.77. The predicted molar refractivity (Wildman–Crippen MR) is 122 cm³/mol. The number of rotatable bonds is 10. The molecule has 2 rings (SSSR count). The minimum absolute atomic E-state index is 0.174. The van der Waals surface area contributed by atoms with Gasteiger partial charge in [-0.1, -0.05) is 24.3 Å². The van der Waals surface area contributed by atoms with E-state index in [1.54, 1.807) is 45.2 Å². The number of aryl methyl sites for hydroxylation is 1. The van der Waals surface area contributed by atoms with Crippen molar-refractivity contribution in [1.82, 2.24) is 4.90 Å². The number of amidine groups is 1. The molecule has 8 heteroatoms. The number of benzene rings is 2. The molecule has 0 aliphatic carbocycles. The minimum Gasteiger partial charge on any atom is -0.497 e. The molecule has 0 fully saturated rings. The van der Waals surface area contributed by atoms with Gasteiger partial charge in [-0.3, -0.25) is 10.3 Å². The summed E-state index contributed by atoms with van der Waals surface area (Å²) in [6, 6.07) is 14.1. The number of ether oxygens (including phenoxy) is 3. The molecule has 8 nitrogen and oxygen atoms in total. The Kier molecular flexibility index (Phi) is 8.63. The third-order valence-corrected chi connectivity index (χ3v) is 4.94. The van der Waals surface area contributed by atoms with Gasteiger partial charge in [-0.2, -0.15) is 0 Å². The quantitative estimate of drug-likeness (QED) is 0.330. The van der Waals surface area contributed by atoms with E-state index in [9.17, 15) is 9.59 Å². The number of urea groups is 1. The van der Waals surface area contributed by atoms with E-state index >= 15 is 0 Å². The number of primary amides is 1. The molecule has 0 spiro atoms.